The van der Waals surface area contributed by atoms with Crippen molar-refractivity contribution in [2.24, 2.45) is 5.11 Å². The Balaban J connectivity index is 0.000000309. The number of rotatable bonds is 9. The van der Waals surface area contributed by atoms with Crippen LogP contribution in [-0.2, 0) is 56.0 Å². The quantitative estimate of drug-likeness (QED) is 0.0355. The van der Waals surface area contributed by atoms with E-state index in [1.807, 2.05) is 54.7 Å². The summed E-state index contributed by atoms with van der Waals surface area (Å²) in [5.74, 6) is 1.37. The van der Waals surface area contributed by atoms with Gasteiger partial charge < -0.3 is 4.74 Å². The summed E-state index contributed by atoms with van der Waals surface area (Å²) in [5, 5.41) is 5.77. The van der Waals surface area contributed by atoms with Crippen LogP contribution in [0.5, 0.6) is 11.6 Å². The van der Waals surface area contributed by atoms with Gasteiger partial charge in [0.05, 0.1) is 49.9 Å². The summed E-state index contributed by atoms with van der Waals surface area (Å²) in [6.45, 7) is 0.692. The molecule has 0 aliphatic rings. The molecule has 442 valence electrons. The summed E-state index contributed by atoms with van der Waals surface area (Å²) in [7, 11) is 0. The lowest BCUT2D eigenvalue weighted by molar-refractivity contribution is -0.691. The Hall–Kier alpha value is -8.56. The number of fused-ring (bicyclic) bond motifs is 1. The Morgan fingerprint density at radius 2 is 0.714 bits per heavy atom. The van der Waals surface area contributed by atoms with Gasteiger partial charge in [-0.05, 0) is 53.4 Å². The Labute approximate surface area is 455 Å². The van der Waals surface area contributed by atoms with Crippen molar-refractivity contribution in [1.29, 1.82) is 0 Å². The second-order valence-electron chi connectivity index (χ2n) is 18.3. The van der Waals surface area contributed by atoms with Gasteiger partial charge in [0.2, 0.25) is 0 Å². The highest BCUT2D eigenvalue weighted by molar-refractivity contribution is 7.20. The van der Waals surface area contributed by atoms with E-state index in [2.05, 4.69) is 38.9 Å². The zero-order valence-electron chi connectivity index (χ0n) is 41.1. The fourth-order valence-corrected chi connectivity index (χ4v) is 9.09. The van der Waals surface area contributed by atoms with E-state index in [1.54, 1.807) is 12.1 Å². The third kappa shape index (κ3) is 14.3. The summed E-state index contributed by atoms with van der Waals surface area (Å²) in [6, 6.07) is 18.8. The van der Waals surface area contributed by atoms with Crippen molar-refractivity contribution in [3.05, 3.63) is 224 Å². The number of hydrogen-bond acceptors (Lipinski definition) is 2. The van der Waals surface area contributed by atoms with Crippen LogP contribution in [0.3, 0.4) is 0 Å². The van der Waals surface area contributed by atoms with Crippen molar-refractivity contribution in [2.75, 3.05) is 0 Å². The predicted octanol–water partition coefficient (Wildman–Crippen LogP) is 17.1. The number of alkyl halides is 24. The first-order valence-electron chi connectivity index (χ1n) is 23.2. The van der Waals surface area contributed by atoms with Crippen LogP contribution in [0.2, 0.25) is 0 Å². The largest absolute Gasteiger partial charge is 0.416 e. The van der Waals surface area contributed by atoms with Crippen LogP contribution >= 0.6 is 0 Å². The van der Waals surface area contributed by atoms with Gasteiger partial charge in [0.25, 0.3) is 0 Å². The van der Waals surface area contributed by atoms with Crippen LogP contribution in [0.25, 0.3) is 21.2 Å². The van der Waals surface area contributed by atoms with E-state index in [1.165, 1.54) is 5.56 Å². The summed E-state index contributed by atoms with van der Waals surface area (Å²) in [4.78, 5) is 2.84. The highest BCUT2D eigenvalue weighted by Gasteiger charge is 2.47. The first-order valence-corrected chi connectivity index (χ1v) is 23.2. The highest BCUT2D eigenvalue weighted by Crippen LogP contribution is 2.42. The summed E-state index contributed by atoms with van der Waals surface area (Å²) in [6.07, 6.45) is -52.8. The van der Waals surface area contributed by atoms with Gasteiger partial charge in [-0.2, -0.15) is 132 Å². The molecule has 0 saturated heterocycles. The fraction of sp³-hybridized carbons (Fsp3) is 0.167. The lowest BCUT2D eigenvalue weighted by Gasteiger charge is -2.46. The standard InChI is InChI=1S/C32H12BF24.C22H17N4O/c34-25(35,36)13-1-14(26(37,38)39)6-21(5-13)33(22-7-15(27(40,41)42)2-16(8-22)28(43,44)45,23-9-17(29(46,47)48)3-18(10-23)30(49,50)51)24-11-19(31(52,53)54)4-20(12-24)32(55,56)57;23-25-24-19-10-6-11-20(15-19)27-22-21-12-5-4-9-18(21)13-14-26(22)16-17-7-2-1-3-8-17/h1-12H;1-15H,16H2/q-1;+1. The molecule has 0 radical (unpaired) electrons. The smallest absolute Gasteiger partial charge is 0.405 e. The first-order chi connectivity index (χ1) is 38.6. The number of halogens is 24. The minimum absolute atomic E-state index is 0.518. The molecule has 8 aromatic rings. The maximum Gasteiger partial charge on any atom is 0.416 e. The molecule has 0 aliphatic carbocycles. The minimum atomic E-state index is -6.13. The molecule has 30 heteroatoms. The summed E-state index contributed by atoms with van der Waals surface area (Å²) >= 11 is 0. The molecular formula is C54H29BF24N4O. The second-order valence-corrected chi connectivity index (χ2v) is 18.3. The number of aromatic nitrogens is 1. The van der Waals surface area contributed by atoms with E-state index in [9.17, 15) is 105 Å². The van der Waals surface area contributed by atoms with E-state index < -0.39 is 195 Å². The minimum Gasteiger partial charge on any atom is -0.405 e. The normalized spacial score (nSPS) is 13.0. The van der Waals surface area contributed by atoms with Crippen LogP contribution in [0.4, 0.5) is 111 Å². The SMILES string of the molecule is FC(F)(F)c1cc([B-](c2cc(C(F)(F)F)cc(C(F)(F)F)c2)(c2cc(C(F)(F)F)cc(C(F)(F)F)c2)c2cc(C(F)(F)F)cc(C(F)(F)F)c2)cc(C(F)(F)F)c1.[N-]=[N+]=Nc1cccc(Oc2c3ccccc3cc[n+]2Cc2ccccc2)c1. The van der Waals surface area contributed by atoms with Crippen LogP contribution in [0.1, 0.15) is 50.1 Å². The Morgan fingerprint density at radius 1 is 0.381 bits per heavy atom. The van der Waals surface area contributed by atoms with Crippen LogP contribution in [0, 0.1) is 0 Å². The van der Waals surface area contributed by atoms with Crippen molar-refractivity contribution >= 4 is 44.5 Å². The van der Waals surface area contributed by atoms with Crippen molar-refractivity contribution in [3.63, 3.8) is 0 Å². The van der Waals surface area contributed by atoms with E-state index in [4.69, 9.17) is 10.3 Å². The molecular weight excluding hydrogens is 1190 g/mol. The van der Waals surface area contributed by atoms with Gasteiger partial charge in [0, 0.05) is 22.2 Å². The van der Waals surface area contributed by atoms with E-state index in [0.29, 0.717) is 18.0 Å². The van der Waals surface area contributed by atoms with E-state index in [-0.39, 0.29) is 0 Å². The average molecular weight is 1220 g/mol. The fourth-order valence-electron chi connectivity index (χ4n) is 9.09. The van der Waals surface area contributed by atoms with Crippen molar-refractivity contribution in [3.8, 4) is 11.6 Å². The van der Waals surface area contributed by atoms with E-state index >= 15 is 0 Å². The van der Waals surface area contributed by atoms with Crippen LogP contribution < -0.4 is 31.2 Å². The van der Waals surface area contributed by atoms with Gasteiger partial charge in [-0.1, -0.05) is 114 Å². The maximum atomic E-state index is 14.2. The molecule has 0 N–H and O–H groups in total. The molecule has 0 atom stereocenters. The van der Waals surface area contributed by atoms with Crippen LogP contribution in [0.15, 0.2) is 169 Å². The second kappa shape index (κ2) is 22.6. The number of hydrogen-bond donors (Lipinski definition) is 0. The number of ether oxygens (including phenoxy) is 1. The zero-order valence-corrected chi connectivity index (χ0v) is 41.1. The molecule has 0 spiro atoms. The van der Waals surface area contributed by atoms with Crippen LogP contribution in [-0.4, -0.2) is 6.15 Å². The topological polar surface area (TPSA) is 61.9 Å². The zero-order chi connectivity index (χ0) is 62.4. The lowest BCUT2D eigenvalue weighted by Crippen LogP contribution is -2.75. The molecule has 7 aromatic carbocycles. The third-order valence-corrected chi connectivity index (χ3v) is 12.7. The monoisotopic (exact) mass is 1220 g/mol. The van der Waals surface area contributed by atoms with Gasteiger partial charge in [-0.3, -0.25) is 0 Å². The van der Waals surface area contributed by atoms with E-state index in [0.717, 1.165) is 16.7 Å². The molecule has 1 aromatic heterocycles. The van der Waals surface area contributed by atoms with Gasteiger partial charge in [-0.25, -0.2) is 0 Å². The molecule has 0 amide bonds. The van der Waals surface area contributed by atoms with Crippen molar-refractivity contribution in [1.82, 2.24) is 0 Å². The highest BCUT2D eigenvalue weighted by atomic mass is 19.4. The number of azide groups is 1. The average Bonchev–Trinajstić information content (AvgIpc) is 0.893. The Morgan fingerprint density at radius 3 is 1.05 bits per heavy atom. The predicted molar refractivity (Wildman–Crippen MR) is 255 cm³/mol. The summed E-state index contributed by atoms with van der Waals surface area (Å²) < 4.78 is 349. The van der Waals surface area contributed by atoms with Crippen molar-refractivity contribution < 1.29 is 115 Å². The molecule has 0 saturated carbocycles. The maximum absolute atomic E-state index is 14.2. The Bertz CT molecular complexity index is 3320. The molecule has 0 fully saturated rings. The molecule has 1 heterocycles. The molecule has 0 unspecified atom stereocenters. The number of nitrogens with zero attached hydrogens (tertiary/aromatic N) is 4. The molecule has 0 aliphatic heterocycles. The molecule has 84 heavy (non-hydrogen) atoms. The number of benzene rings is 7. The third-order valence-electron chi connectivity index (χ3n) is 12.7. The van der Waals surface area contributed by atoms with Gasteiger partial charge in [0.15, 0.2) is 12.7 Å². The lowest BCUT2D eigenvalue weighted by atomic mass is 9.12. The van der Waals surface area contributed by atoms with Gasteiger partial charge in [0.1, 0.15) is 11.9 Å². The van der Waals surface area contributed by atoms with Gasteiger partial charge >= 0.3 is 55.3 Å². The summed E-state index contributed by atoms with van der Waals surface area (Å²) in [5.41, 5.74) is -19.8. The number of pyridine rings is 1. The molecule has 5 nitrogen and oxygen atoms in total. The Kier molecular flexibility index (Phi) is 16.9. The van der Waals surface area contributed by atoms with Gasteiger partial charge in [-0.15, -0.1) is 0 Å². The molecule has 0 bridgehead atoms. The molecule has 8 rings (SSSR count). The first kappa shape index (κ1) is 63.0. The van der Waals surface area contributed by atoms with Crippen molar-refractivity contribution in [2.45, 2.75) is 56.0 Å².